The molecule has 78 valence electrons. The maximum absolute atomic E-state index is 11.9. The number of benzene rings is 2. The molecule has 1 heterocycles. The molecule has 16 heavy (non-hydrogen) atoms. The van der Waals surface area contributed by atoms with Gasteiger partial charge in [0.1, 0.15) is 0 Å². The molecule has 0 fully saturated rings. The van der Waals surface area contributed by atoms with Crippen LogP contribution in [0.1, 0.15) is 0 Å². The van der Waals surface area contributed by atoms with Gasteiger partial charge in [-0.25, -0.2) is 0 Å². The van der Waals surface area contributed by atoms with Crippen molar-refractivity contribution >= 4 is 44.3 Å². The summed E-state index contributed by atoms with van der Waals surface area (Å²) in [4.78, 5) is 15.1. The minimum Gasteiger partial charge on any atom is -0.359 e. The number of rotatable bonds is 0. The zero-order chi connectivity index (χ0) is 11.1. The van der Waals surface area contributed by atoms with E-state index in [9.17, 15) is 4.79 Å². The second-order valence-corrected chi connectivity index (χ2v) is 4.84. The molecule has 2 aromatic carbocycles. The summed E-state index contributed by atoms with van der Waals surface area (Å²) in [5.41, 5.74) is 1.02. The standard InChI is InChI=1S/C13H8INO/c14-11-7-15-12-9-4-2-1-3-8(9)5-6-10(12)13(11)16/h1-7H,(H,15,16). The van der Waals surface area contributed by atoms with Crippen molar-refractivity contribution in [1.82, 2.24) is 4.98 Å². The van der Waals surface area contributed by atoms with Crippen LogP contribution in [-0.2, 0) is 0 Å². The third kappa shape index (κ3) is 1.35. The predicted octanol–water partition coefficient (Wildman–Crippen LogP) is 3.29. The van der Waals surface area contributed by atoms with Crippen molar-refractivity contribution in [2.45, 2.75) is 0 Å². The lowest BCUT2D eigenvalue weighted by atomic mass is 10.1. The van der Waals surface area contributed by atoms with Crippen molar-refractivity contribution < 1.29 is 0 Å². The van der Waals surface area contributed by atoms with E-state index >= 15 is 0 Å². The van der Waals surface area contributed by atoms with E-state index in [1.54, 1.807) is 6.20 Å². The zero-order valence-corrected chi connectivity index (χ0v) is 10.5. The molecule has 3 aromatic rings. The van der Waals surface area contributed by atoms with Crippen LogP contribution in [0.25, 0.3) is 21.7 Å². The average Bonchev–Trinajstić information content (AvgIpc) is 2.33. The Labute approximate surface area is 105 Å². The molecule has 0 unspecified atom stereocenters. The molecular weight excluding hydrogens is 313 g/mol. The number of aromatic amines is 1. The molecule has 0 atom stereocenters. The number of H-pyrrole nitrogens is 1. The van der Waals surface area contributed by atoms with Crippen molar-refractivity contribution in [3.05, 3.63) is 56.4 Å². The highest BCUT2D eigenvalue weighted by Crippen LogP contribution is 2.21. The van der Waals surface area contributed by atoms with Gasteiger partial charge < -0.3 is 4.98 Å². The van der Waals surface area contributed by atoms with Crippen LogP contribution in [0.2, 0.25) is 0 Å². The fourth-order valence-electron chi connectivity index (χ4n) is 1.95. The molecule has 1 aromatic heterocycles. The highest BCUT2D eigenvalue weighted by molar-refractivity contribution is 14.1. The second kappa shape index (κ2) is 3.59. The van der Waals surface area contributed by atoms with Crippen LogP contribution in [0.15, 0.2) is 47.4 Å². The van der Waals surface area contributed by atoms with Gasteiger partial charge in [0.05, 0.1) is 9.09 Å². The molecule has 2 nitrogen and oxygen atoms in total. The Hall–Kier alpha value is -1.36. The summed E-state index contributed by atoms with van der Waals surface area (Å²) < 4.78 is 0.723. The summed E-state index contributed by atoms with van der Waals surface area (Å²) in [5, 5.41) is 2.99. The van der Waals surface area contributed by atoms with E-state index in [0.29, 0.717) is 0 Å². The van der Waals surface area contributed by atoms with Gasteiger partial charge in [-0.15, -0.1) is 0 Å². The van der Waals surface area contributed by atoms with Crippen molar-refractivity contribution in [2.75, 3.05) is 0 Å². The van der Waals surface area contributed by atoms with Gasteiger partial charge in [-0.3, -0.25) is 4.79 Å². The quantitative estimate of drug-likeness (QED) is 0.500. The van der Waals surface area contributed by atoms with Gasteiger partial charge in [0, 0.05) is 17.0 Å². The van der Waals surface area contributed by atoms with Gasteiger partial charge in [-0.05, 0) is 34.0 Å². The van der Waals surface area contributed by atoms with E-state index in [1.165, 1.54) is 0 Å². The fraction of sp³-hybridized carbons (Fsp3) is 0. The first-order valence-corrected chi connectivity index (χ1v) is 6.04. The van der Waals surface area contributed by atoms with Crippen LogP contribution in [-0.4, -0.2) is 4.98 Å². The molecule has 0 spiro atoms. The average molecular weight is 321 g/mol. The molecule has 0 aliphatic heterocycles. The number of hydrogen-bond acceptors (Lipinski definition) is 1. The minimum absolute atomic E-state index is 0.0973. The van der Waals surface area contributed by atoms with E-state index in [-0.39, 0.29) is 5.43 Å². The van der Waals surface area contributed by atoms with Crippen molar-refractivity contribution in [2.24, 2.45) is 0 Å². The Morgan fingerprint density at radius 1 is 1.00 bits per heavy atom. The molecule has 0 radical (unpaired) electrons. The topological polar surface area (TPSA) is 32.9 Å². The van der Waals surface area contributed by atoms with Crippen molar-refractivity contribution in [3.63, 3.8) is 0 Å². The summed E-state index contributed by atoms with van der Waals surface area (Å²) in [6.07, 6.45) is 1.76. The summed E-state index contributed by atoms with van der Waals surface area (Å²) in [7, 11) is 0. The highest BCUT2D eigenvalue weighted by Gasteiger charge is 2.05. The maximum atomic E-state index is 11.9. The Balaban J connectivity index is 2.63. The van der Waals surface area contributed by atoms with E-state index in [4.69, 9.17) is 0 Å². The Morgan fingerprint density at radius 2 is 1.81 bits per heavy atom. The van der Waals surface area contributed by atoms with Gasteiger partial charge in [0.2, 0.25) is 5.43 Å². The predicted molar refractivity (Wildman–Crippen MR) is 74.8 cm³/mol. The number of halogens is 1. The van der Waals surface area contributed by atoms with Crippen LogP contribution >= 0.6 is 22.6 Å². The van der Waals surface area contributed by atoms with Gasteiger partial charge >= 0.3 is 0 Å². The zero-order valence-electron chi connectivity index (χ0n) is 8.33. The van der Waals surface area contributed by atoms with Crippen molar-refractivity contribution in [1.29, 1.82) is 0 Å². The lowest BCUT2D eigenvalue weighted by molar-refractivity contribution is 1.37. The number of pyridine rings is 1. The van der Waals surface area contributed by atoms with E-state index in [1.807, 2.05) is 36.4 Å². The summed E-state index contributed by atoms with van der Waals surface area (Å²) >= 11 is 2.05. The number of nitrogens with one attached hydrogen (secondary N) is 1. The molecule has 3 rings (SSSR count). The number of hydrogen-bond donors (Lipinski definition) is 1. The number of aromatic nitrogens is 1. The fourth-order valence-corrected chi connectivity index (χ4v) is 2.39. The van der Waals surface area contributed by atoms with Gasteiger partial charge in [-0.2, -0.15) is 0 Å². The maximum Gasteiger partial charge on any atom is 0.202 e. The Bertz CT molecular complexity index is 746. The SMILES string of the molecule is O=c1c(I)c[nH]c2c1ccc1ccccc12. The first-order chi connectivity index (χ1) is 7.77. The molecule has 0 saturated heterocycles. The number of fused-ring (bicyclic) bond motifs is 3. The molecule has 0 saturated carbocycles. The molecular formula is C13H8INO. The highest BCUT2D eigenvalue weighted by atomic mass is 127. The van der Waals surface area contributed by atoms with Gasteiger partial charge in [-0.1, -0.05) is 30.3 Å². The molecule has 0 aliphatic rings. The largest absolute Gasteiger partial charge is 0.359 e. The first kappa shape index (κ1) is 9.84. The van der Waals surface area contributed by atoms with Crippen LogP contribution in [0.5, 0.6) is 0 Å². The molecule has 0 aliphatic carbocycles. The molecule has 0 amide bonds. The second-order valence-electron chi connectivity index (χ2n) is 3.67. The summed E-state index contributed by atoms with van der Waals surface area (Å²) in [6.45, 7) is 0. The van der Waals surface area contributed by atoms with Crippen molar-refractivity contribution in [3.8, 4) is 0 Å². The molecule has 1 N–H and O–H groups in total. The summed E-state index contributed by atoms with van der Waals surface area (Å²) in [6, 6.07) is 11.9. The smallest absolute Gasteiger partial charge is 0.202 e. The Morgan fingerprint density at radius 3 is 2.69 bits per heavy atom. The van der Waals surface area contributed by atoms with Crippen LogP contribution in [0, 0.1) is 3.57 Å². The normalized spacial score (nSPS) is 11.1. The first-order valence-electron chi connectivity index (χ1n) is 4.96. The third-order valence-corrected chi connectivity index (χ3v) is 3.54. The van der Waals surface area contributed by atoms with E-state index in [2.05, 4.69) is 27.6 Å². The van der Waals surface area contributed by atoms with Gasteiger partial charge in [0.25, 0.3) is 0 Å². The lowest BCUT2D eigenvalue weighted by Crippen LogP contribution is -2.06. The molecule has 3 heteroatoms. The molecule has 0 bridgehead atoms. The monoisotopic (exact) mass is 321 g/mol. The van der Waals surface area contributed by atoms with Crippen LogP contribution in [0.3, 0.4) is 0 Å². The summed E-state index contributed by atoms with van der Waals surface area (Å²) in [5.74, 6) is 0. The van der Waals surface area contributed by atoms with E-state index in [0.717, 1.165) is 25.2 Å². The van der Waals surface area contributed by atoms with Gasteiger partial charge in [0.15, 0.2) is 0 Å². The third-order valence-electron chi connectivity index (χ3n) is 2.73. The van der Waals surface area contributed by atoms with Crippen LogP contribution < -0.4 is 5.43 Å². The minimum atomic E-state index is 0.0973. The van der Waals surface area contributed by atoms with E-state index < -0.39 is 0 Å². The lowest BCUT2D eigenvalue weighted by Gasteiger charge is -2.03. The van der Waals surface area contributed by atoms with Crippen LogP contribution in [0.4, 0.5) is 0 Å². The Kier molecular flexibility index (Phi) is 2.21.